The highest BCUT2D eigenvalue weighted by Crippen LogP contribution is 2.23. The molecule has 0 aliphatic rings. The summed E-state index contributed by atoms with van der Waals surface area (Å²) in [7, 11) is 0. The van der Waals surface area contributed by atoms with E-state index < -0.39 is 0 Å². The first kappa shape index (κ1) is 11.3. The molecular weight excluding hydrogens is 214 g/mol. The number of nitro groups is 1. The first-order valence-electron chi connectivity index (χ1n) is 5.45. The minimum Gasteiger partial charge on any atom is -0.258 e. The lowest BCUT2D eigenvalue weighted by Gasteiger charge is -2.06. The first-order valence-corrected chi connectivity index (χ1v) is 5.45. The second-order valence-electron chi connectivity index (χ2n) is 3.98. The van der Waals surface area contributed by atoms with Crippen LogP contribution in [-0.4, -0.2) is 4.92 Å². The minimum atomic E-state index is -0.330. The summed E-state index contributed by atoms with van der Waals surface area (Å²) >= 11 is 0. The van der Waals surface area contributed by atoms with Crippen molar-refractivity contribution in [2.45, 2.75) is 13.3 Å². The van der Waals surface area contributed by atoms with Crippen LogP contribution < -0.4 is 0 Å². The van der Waals surface area contributed by atoms with Crippen LogP contribution in [0, 0.1) is 17.0 Å². The van der Waals surface area contributed by atoms with Gasteiger partial charge >= 0.3 is 0 Å². The Morgan fingerprint density at radius 3 is 2.41 bits per heavy atom. The van der Waals surface area contributed by atoms with Gasteiger partial charge in [-0.25, -0.2) is 0 Å². The van der Waals surface area contributed by atoms with Crippen molar-refractivity contribution in [2.75, 3.05) is 0 Å². The molecule has 0 N–H and O–H groups in total. The topological polar surface area (TPSA) is 43.1 Å². The van der Waals surface area contributed by atoms with Crippen LogP contribution in [0.4, 0.5) is 5.69 Å². The highest BCUT2D eigenvalue weighted by Gasteiger charge is 2.12. The molecule has 0 saturated heterocycles. The van der Waals surface area contributed by atoms with Gasteiger partial charge < -0.3 is 0 Å². The highest BCUT2D eigenvalue weighted by molar-refractivity contribution is 5.46. The Labute approximate surface area is 99.9 Å². The molecule has 0 atom stereocenters. The van der Waals surface area contributed by atoms with E-state index in [-0.39, 0.29) is 10.6 Å². The van der Waals surface area contributed by atoms with Crippen molar-refractivity contribution in [3.63, 3.8) is 0 Å². The summed E-state index contributed by atoms with van der Waals surface area (Å²) in [5.41, 5.74) is 3.11. The van der Waals surface area contributed by atoms with Crippen LogP contribution in [0.15, 0.2) is 48.5 Å². The Kier molecular flexibility index (Phi) is 3.19. The lowest BCUT2D eigenvalue weighted by Crippen LogP contribution is -1.97. The summed E-state index contributed by atoms with van der Waals surface area (Å²) in [4.78, 5) is 10.5. The van der Waals surface area contributed by atoms with Crippen LogP contribution in [0.25, 0.3) is 0 Å². The SMILES string of the molecule is Cc1c(Cc2ccccc2)cccc1[N+](=O)[O-]. The second-order valence-corrected chi connectivity index (χ2v) is 3.98. The van der Waals surface area contributed by atoms with Gasteiger partial charge in [-0.15, -0.1) is 0 Å². The molecule has 0 radical (unpaired) electrons. The van der Waals surface area contributed by atoms with E-state index >= 15 is 0 Å². The highest BCUT2D eigenvalue weighted by atomic mass is 16.6. The van der Waals surface area contributed by atoms with Crippen molar-refractivity contribution in [1.82, 2.24) is 0 Å². The third kappa shape index (κ3) is 2.50. The summed E-state index contributed by atoms with van der Waals surface area (Å²) in [6, 6.07) is 15.2. The fraction of sp³-hybridized carbons (Fsp3) is 0.143. The van der Waals surface area contributed by atoms with Gasteiger partial charge in [0.15, 0.2) is 0 Å². The van der Waals surface area contributed by atoms with Gasteiger partial charge in [0.2, 0.25) is 0 Å². The van der Waals surface area contributed by atoms with Gasteiger partial charge in [0, 0.05) is 11.6 Å². The lowest BCUT2D eigenvalue weighted by molar-refractivity contribution is -0.385. The number of benzene rings is 2. The van der Waals surface area contributed by atoms with Crippen LogP contribution in [0.3, 0.4) is 0 Å². The predicted molar refractivity (Wildman–Crippen MR) is 67.1 cm³/mol. The van der Waals surface area contributed by atoms with Gasteiger partial charge in [0.1, 0.15) is 0 Å². The van der Waals surface area contributed by atoms with E-state index in [1.165, 1.54) is 0 Å². The summed E-state index contributed by atoms with van der Waals surface area (Å²) in [6.45, 7) is 1.80. The van der Waals surface area contributed by atoms with Gasteiger partial charge in [0.25, 0.3) is 5.69 Å². The number of nitro benzene ring substituents is 1. The third-order valence-electron chi connectivity index (χ3n) is 2.85. The molecule has 0 heterocycles. The van der Waals surface area contributed by atoms with Crippen LogP contribution in [-0.2, 0) is 6.42 Å². The maximum atomic E-state index is 10.8. The first-order chi connectivity index (χ1) is 8.18. The second kappa shape index (κ2) is 4.78. The smallest absolute Gasteiger partial charge is 0.258 e. The van der Waals surface area contributed by atoms with Crippen molar-refractivity contribution in [2.24, 2.45) is 0 Å². The molecule has 2 aromatic carbocycles. The molecule has 86 valence electrons. The molecule has 2 rings (SSSR count). The van der Waals surface area contributed by atoms with Gasteiger partial charge in [-0.1, -0.05) is 42.5 Å². The number of hydrogen-bond donors (Lipinski definition) is 0. The third-order valence-corrected chi connectivity index (χ3v) is 2.85. The Morgan fingerprint density at radius 1 is 1.06 bits per heavy atom. The summed E-state index contributed by atoms with van der Waals surface area (Å²) in [6.07, 6.45) is 0.731. The molecule has 0 aliphatic heterocycles. The molecule has 17 heavy (non-hydrogen) atoms. The molecule has 0 bridgehead atoms. The molecule has 3 nitrogen and oxygen atoms in total. The van der Waals surface area contributed by atoms with Crippen LogP contribution in [0.1, 0.15) is 16.7 Å². The molecule has 2 aromatic rings. The van der Waals surface area contributed by atoms with Gasteiger partial charge in [-0.2, -0.15) is 0 Å². The average molecular weight is 227 g/mol. The Bertz CT molecular complexity index is 535. The minimum absolute atomic E-state index is 0.193. The molecule has 0 amide bonds. The van der Waals surface area contributed by atoms with Gasteiger partial charge in [-0.3, -0.25) is 10.1 Å². The largest absolute Gasteiger partial charge is 0.272 e. The van der Waals surface area contributed by atoms with Crippen LogP contribution in [0.5, 0.6) is 0 Å². The quantitative estimate of drug-likeness (QED) is 0.595. The summed E-state index contributed by atoms with van der Waals surface area (Å²) < 4.78 is 0. The van der Waals surface area contributed by atoms with Crippen molar-refractivity contribution in [1.29, 1.82) is 0 Å². The predicted octanol–water partition coefficient (Wildman–Crippen LogP) is 3.49. The fourth-order valence-corrected chi connectivity index (χ4v) is 1.87. The van der Waals surface area contributed by atoms with Crippen molar-refractivity contribution in [3.05, 3.63) is 75.3 Å². The van der Waals surface area contributed by atoms with E-state index in [1.54, 1.807) is 19.1 Å². The fourth-order valence-electron chi connectivity index (χ4n) is 1.87. The van der Waals surface area contributed by atoms with Crippen LogP contribution in [0.2, 0.25) is 0 Å². The Hall–Kier alpha value is -2.16. The maximum absolute atomic E-state index is 10.8. The van der Waals surface area contributed by atoms with E-state index in [2.05, 4.69) is 0 Å². The molecule has 3 heteroatoms. The van der Waals surface area contributed by atoms with Gasteiger partial charge in [-0.05, 0) is 24.5 Å². The van der Waals surface area contributed by atoms with E-state index in [0.29, 0.717) is 0 Å². The van der Waals surface area contributed by atoms with Crippen molar-refractivity contribution < 1.29 is 4.92 Å². The maximum Gasteiger partial charge on any atom is 0.272 e. The molecular formula is C14H13NO2. The molecule has 0 aliphatic carbocycles. The number of nitrogens with zero attached hydrogens (tertiary/aromatic N) is 1. The molecule has 0 saturated carbocycles. The van der Waals surface area contributed by atoms with Gasteiger partial charge in [0.05, 0.1) is 4.92 Å². The average Bonchev–Trinajstić information content (AvgIpc) is 2.33. The molecule has 0 aromatic heterocycles. The summed E-state index contributed by atoms with van der Waals surface area (Å²) in [5, 5.41) is 10.8. The van der Waals surface area contributed by atoms with E-state index in [0.717, 1.165) is 23.1 Å². The Balaban J connectivity index is 2.34. The summed E-state index contributed by atoms with van der Waals surface area (Å²) in [5.74, 6) is 0. The number of rotatable bonds is 3. The van der Waals surface area contributed by atoms with E-state index in [9.17, 15) is 10.1 Å². The monoisotopic (exact) mass is 227 g/mol. The number of hydrogen-bond acceptors (Lipinski definition) is 2. The van der Waals surface area contributed by atoms with E-state index in [1.807, 2.05) is 36.4 Å². The van der Waals surface area contributed by atoms with Crippen LogP contribution >= 0.6 is 0 Å². The zero-order valence-corrected chi connectivity index (χ0v) is 9.59. The molecule has 0 unspecified atom stereocenters. The zero-order valence-electron chi connectivity index (χ0n) is 9.59. The molecule has 0 fully saturated rings. The lowest BCUT2D eigenvalue weighted by atomic mass is 9.99. The Morgan fingerprint density at radius 2 is 1.76 bits per heavy atom. The normalized spacial score (nSPS) is 10.2. The standard InChI is InChI=1S/C14H13NO2/c1-11-13(8-5-9-14(11)15(16)17)10-12-6-3-2-4-7-12/h2-9H,10H2,1H3. The van der Waals surface area contributed by atoms with Crippen molar-refractivity contribution >= 4 is 5.69 Å². The van der Waals surface area contributed by atoms with E-state index in [4.69, 9.17) is 0 Å². The van der Waals surface area contributed by atoms with Crippen molar-refractivity contribution in [3.8, 4) is 0 Å². The zero-order chi connectivity index (χ0) is 12.3. The molecule has 0 spiro atoms.